The Bertz CT molecular complexity index is 895. The molecular formula is C23H24F4O. The van der Waals surface area contributed by atoms with E-state index in [2.05, 4.69) is 0 Å². The summed E-state index contributed by atoms with van der Waals surface area (Å²) in [6, 6.07) is 6.42. The summed E-state index contributed by atoms with van der Waals surface area (Å²) >= 11 is 0. The van der Waals surface area contributed by atoms with Gasteiger partial charge in [-0.1, -0.05) is 18.2 Å². The molecule has 0 spiro atoms. The van der Waals surface area contributed by atoms with Gasteiger partial charge in [0, 0.05) is 0 Å². The SMILES string of the molecule is CCOc1ccc(C2CCC3C(c4ccc(C)c(F)c4F)CCC23)c(F)c1F. The smallest absolute Gasteiger partial charge is 0.200 e. The second-order valence-electron chi connectivity index (χ2n) is 8.01. The first-order valence-electron chi connectivity index (χ1n) is 9.99. The van der Waals surface area contributed by atoms with Crippen LogP contribution in [0.2, 0.25) is 0 Å². The average Bonchev–Trinajstić information content (AvgIpc) is 3.27. The van der Waals surface area contributed by atoms with Gasteiger partial charge >= 0.3 is 0 Å². The maximum atomic E-state index is 14.7. The molecule has 2 saturated carbocycles. The molecule has 0 saturated heterocycles. The zero-order chi connectivity index (χ0) is 20.0. The van der Waals surface area contributed by atoms with Gasteiger partial charge in [-0.15, -0.1) is 0 Å². The van der Waals surface area contributed by atoms with Crippen molar-refractivity contribution in [1.29, 1.82) is 0 Å². The lowest BCUT2D eigenvalue weighted by molar-refractivity contribution is 0.311. The molecule has 4 atom stereocenters. The van der Waals surface area contributed by atoms with Crippen molar-refractivity contribution >= 4 is 0 Å². The largest absolute Gasteiger partial charge is 0.491 e. The van der Waals surface area contributed by atoms with Crippen molar-refractivity contribution in [3.05, 3.63) is 64.2 Å². The van der Waals surface area contributed by atoms with Gasteiger partial charge in [-0.3, -0.25) is 0 Å². The van der Waals surface area contributed by atoms with Crippen molar-refractivity contribution in [2.45, 2.75) is 51.4 Å². The Hall–Kier alpha value is -2.04. The van der Waals surface area contributed by atoms with Gasteiger partial charge in [-0.25, -0.2) is 13.2 Å². The molecule has 0 bridgehead atoms. The Kier molecular flexibility index (Phi) is 5.11. The van der Waals surface area contributed by atoms with E-state index in [1.54, 1.807) is 32.0 Å². The van der Waals surface area contributed by atoms with E-state index in [0.717, 1.165) is 25.7 Å². The van der Waals surface area contributed by atoms with Crippen LogP contribution in [0.4, 0.5) is 17.6 Å². The molecule has 4 unspecified atom stereocenters. The van der Waals surface area contributed by atoms with Crippen LogP contribution in [0.25, 0.3) is 0 Å². The summed E-state index contributed by atoms with van der Waals surface area (Å²) in [6.45, 7) is 3.54. The van der Waals surface area contributed by atoms with E-state index in [0.29, 0.717) is 16.7 Å². The predicted octanol–water partition coefficient (Wildman–Crippen LogP) is 6.64. The zero-order valence-corrected chi connectivity index (χ0v) is 16.1. The fourth-order valence-corrected chi connectivity index (χ4v) is 5.42. The average molecular weight is 392 g/mol. The van der Waals surface area contributed by atoms with Crippen molar-refractivity contribution < 1.29 is 22.3 Å². The molecule has 0 amide bonds. The van der Waals surface area contributed by atoms with Crippen molar-refractivity contribution in [1.82, 2.24) is 0 Å². The monoisotopic (exact) mass is 392 g/mol. The maximum absolute atomic E-state index is 14.7. The molecule has 0 radical (unpaired) electrons. The summed E-state index contributed by atoms with van der Waals surface area (Å²) in [4.78, 5) is 0. The van der Waals surface area contributed by atoms with Gasteiger partial charge in [-0.05, 0) is 86.0 Å². The fraction of sp³-hybridized carbons (Fsp3) is 0.478. The highest BCUT2D eigenvalue weighted by Gasteiger charge is 2.47. The Morgan fingerprint density at radius 2 is 1.29 bits per heavy atom. The molecule has 2 aliphatic carbocycles. The molecular weight excluding hydrogens is 368 g/mol. The highest BCUT2D eigenvalue weighted by Crippen LogP contribution is 2.58. The van der Waals surface area contributed by atoms with E-state index in [1.807, 2.05) is 0 Å². The molecule has 2 aliphatic rings. The second-order valence-corrected chi connectivity index (χ2v) is 8.01. The van der Waals surface area contributed by atoms with E-state index < -0.39 is 23.3 Å². The van der Waals surface area contributed by atoms with Crippen LogP contribution in [-0.2, 0) is 0 Å². The number of fused-ring (bicyclic) bond motifs is 1. The quantitative estimate of drug-likeness (QED) is 0.530. The van der Waals surface area contributed by atoms with Crippen LogP contribution in [0, 0.1) is 42.0 Å². The van der Waals surface area contributed by atoms with Gasteiger partial charge in [-0.2, -0.15) is 4.39 Å². The molecule has 150 valence electrons. The Morgan fingerprint density at radius 1 is 0.750 bits per heavy atom. The normalized spacial score (nSPS) is 26.5. The van der Waals surface area contributed by atoms with E-state index in [1.165, 1.54) is 6.07 Å². The minimum atomic E-state index is -0.941. The van der Waals surface area contributed by atoms with Crippen LogP contribution in [0.3, 0.4) is 0 Å². The van der Waals surface area contributed by atoms with E-state index in [4.69, 9.17) is 4.74 Å². The summed E-state index contributed by atoms with van der Waals surface area (Å²) in [5, 5.41) is 0. The van der Waals surface area contributed by atoms with Gasteiger partial charge in [0.2, 0.25) is 5.82 Å². The molecule has 2 fully saturated rings. The molecule has 4 rings (SSSR count). The van der Waals surface area contributed by atoms with Crippen LogP contribution in [0.1, 0.15) is 61.1 Å². The maximum Gasteiger partial charge on any atom is 0.200 e. The fourth-order valence-electron chi connectivity index (χ4n) is 5.42. The van der Waals surface area contributed by atoms with Gasteiger partial charge < -0.3 is 4.74 Å². The van der Waals surface area contributed by atoms with E-state index >= 15 is 0 Å². The molecule has 2 aromatic rings. The van der Waals surface area contributed by atoms with Crippen LogP contribution >= 0.6 is 0 Å². The van der Waals surface area contributed by atoms with Crippen molar-refractivity contribution in [2.24, 2.45) is 11.8 Å². The lowest BCUT2D eigenvalue weighted by atomic mass is 9.82. The van der Waals surface area contributed by atoms with Crippen LogP contribution in [-0.4, -0.2) is 6.61 Å². The number of benzene rings is 2. The minimum absolute atomic E-state index is 0.0688. The molecule has 0 N–H and O–H groups in total. The van der Waals surface area contributed by atoms with Crippen molar-refractivity contribution in [3.63, 3.8) is 0 Å². The number of hydrogen-bond donors (Lipinski definition) is 0. The third-order valence-electron chi connectivity index (χ3n) is 6.69. The lowest BCUT2D eigenvalue weighted by Crippen LogP contribution is -2.14. The first-order valence-corrected chi connectivity index (χ1v) is 9.99. The number of hydrogen-bond acceptors (Lipinski definition) is 1. The third kappa shape index (κ3) is 2.99. The van der Waals surface area contributed by atoms with Crippen LogP contribution in [0.15, 0.2) is 24.3 Å². The first kappa shape index (κ1) is 19.3. The Balaban J connectivity index is 1.61. The third-order valence-corrected chi connectivity index (χ3v) is 6.69. The van der Waals surface area contributed by atoms with Crippen LogP contribution < -0.4 is 4.74 Å². The standard InChI is InChI=1S/C23H24F4O/c1-3-28-19-11-10-18(22(26)23(19)27)16-9-7-13-14(16)6-8-15(13)17-5-4-12(2)20(24)21(17)25/h4-5,10-11,13-16H,3,6-9H2,1-2H3. The summed E-state index contributed by atoms with van der Waals surface area (Å²) in [6.07, 6.45) is 3.09. The number of aryl methyl sites for hydroxylation is 1. The summed E-state index contributed by atoms with van der Waals surface area (Å²) in [5.74, 6) is -3.24. The van der Waals surface area contributed by atoms with Crippen molar-refractivity contribution in [2.75, 3.05) is 6.61 Å². The van der Waals surface area contributed by atoms with Gasteiger partial charge in [0.05, 0.1) is 6.61 Å². The molecule has 28 heavy (non-hydrogen) atoms. The Labute approximate surface area is 162 Å². The van der Waals surface area contributed by atoms with Crippen molar-refractivity contribution in [3.8, 4) is 5.75 Å². The summed E-state index contributed by atoms with van der Waals surface area (Å²) in [7, 11) is 0. The number of ether oxygens (including phenoxy) is 1. The van der Waals surface area contributed by atoms with E-state index in [-0.39, 0.29) is 36.0 Å². The molecule has 1 nitrogen and oxygen atoms in total. The molecule has 5 heteroatoms. The topological polar surface area (TPSA) is 9.23 Å². The number of rotatable bonds is 4. The van der Waals surface area contributed by atoms with Gasteiger partial charge in [0.1, 0.15) is 0 Å². The molecule has 0 aliphatic heterocycles. The first-order chi connectivity index (χ1) is 13.4. The Morgan fingerprint density at radius 3 is 1.86 bits per heavy atom. The lowest BCUT2D eigenvalue weighted by Gasteiger charge is -2.23. The summed E-state index contributed by atoms with van der Waals surface area (Å²) < 4.78 is 62.8. The zero-order valence-electron chi connectivity index (χ0n) is 16.1. The van der Waals surface area contributed by atoms with Crippen LogP contribution in [0.5, 0.6) is 5.75 Å². The highest BCUT2D eigenvalue weighted by molar-refractivity contribution is 5.36. The highest BCUT2D eigenvalue weighted by atomic mass is 19.2. The van der Waals surface area contributed by atoms with Gasteiger partial charge in [0.25, 0.3) is 0 Å². The molecule has 2 aromatic carbocycles. The predicted molar refractivity (Wildman–Crippen MR) is 99.6 cm³/mol. The van der Waals surface area contributed by atoms with Gasteiger partial charge in [0.15, 0.2) is 23.2 Å². The molecule has 0 aromatic heterocycles. The minimum Gasteiger partial charge on any atom is -0.491 e. The second kappa shape index (κ2) is 7.41. The van der Waals surface area contributed by atoms with E-state index in [9.17, 15) is 17.6 Å². The molecule has 0 heterocycles. The number of halogens is 4. The summed E-state index contributed by atoms with van der Waals surface area (Å²) in [5.41, 5.74) is 1.10.